The lowest BCUT2D eigenvalue weighted by Gasteiger charge is -2.34. The van der Waals surface area contributed by atoms with Gasteiger partial charge in [0.1, 0.15) is 5.82 Å². The summed E-state index contributed by atoms with van der Waals surface area (Å²) in [5.74, 6) is -0.409. The van der Waals surface area contributed by atoms with Crippen LogP contribution in [-0.4, -0.2) is 47.8 Å². The van der Waals surface area contributed by atoms with E-state index in [4.69, 9.17) is 0 Å². The van der Waals surface area contributed by atoms with E-state index in [2.05, 4.69) is 0 Å². The minimum Gasteiger partial charge on any atom is -0.336 e. The van der Waals surface area contributed by atoms with Crippen molar-refractivity contribution in [1.82, 2.24) is 9.80 Å². The topological polar surface area (TPSA) is 40.6 Å². The molecule has 0 bridgehead atoms. The molecule has 1 saturated heterocycles. The van der Waals surface area contributed by atoms with Gasteiger partial charge in [-0.25, -0.2) is 4.39 Å². The zero-order chi connectivity index (χ0) is 17.6. The second-order valence-electron chi connectivity index (χ2n) is 5.87. The first kappa shape index (κ1) is 16.9. The van der Waals surface area contributed by atoms with Crippen LogP contribution in [0.4, 0.5) is 4.39 Å². The molecule has 1 aliphatic rings. The number of hydrogen-bond donors (Lipinski definition) is 0. The van der Waals surface area contributed by atoms with Gasteiger partial charge in [-0.3, -0.25) is 9.59 Å². The Kier molecular flexibility index (Phi) is 5.23. The highest BCUT2D eigenvalue weighted by atomic mass is 19.1. The van der Waals surface area contributed by atoms with Gasteiger partial charge in [0.15, 0.2) is 0 Å². The highest BCUT2D eigenvalue weighted by molar-refractivity contribution is 5.95. The Morgan fingerprint density at radius 1 is 0.840 bits per heavy atom. The molecule has 0 radical (unpaired) electrons. The average Bonchev–Trinajstić information content (AvgIpc) is 2.67. The summed E-state index contributed by atoms with van der Waals surface area (Å²) in [6.07, 6.45) is 3.16. The third-order valence-corrected chi connectivity index (χ3v) is 4.19. The lowest BCUT2D eigenvalue weighted by Crippen LogP contribution is -2.50. The molecule has 1 fully saturated rings. The second kappa shape index (κ2) is 7.75. The lowest BCUT2D eigenvalue weighted by molar-refractivity contribution is -0.127. The van der Waals surface area contributed by atoms with Crippen LogP contribution in [0.25, 0.3) is 6.08 Å². The number of amides is 2. The Labute approximate surface area is 146 Å². The fraction of sp³-hybridized carbons (Fsp3) is 0.200. The SMILES string of the molecule is O=C(/C=C/c1ccc(F)cc1)N1CCN(C(=O)c2ccccc2)CC1. The molecule has 5 heteroatoms. The maximum atomic E-state index is 12.9. The van der Waals surface area contributed by atoms with Crippen molar-refractivity contribution >= 4 is 17.9 Å². The van der Waals surface area contributed by atoms with Gasteiger partial charge < -0.3 is 9.80 Å². The summed E-state index contributed by atoms with van der Waals surface area (Å²) in [4.78, 5) is 28.1. The summed E-state index contributed by atoms with van der Waals surface area (Å²) in [5, 5.41) is 0. The highest BCUT2D eigenvalue weighted by Gasteiger charge is 2.23. The summed E-state index contributed by atoms with van der Waals surface area (Å²) in [7, 11) is 0. The van der Waals surface area contributed by atoms with Gasteiger partial charge >= 0.3 is 0 Å². The van der Waals surface area contributed by atoms with Crippen LogP contribution in [0.2, 0.25) is 0 Å². The summed E-state index contributed by atoms with van der Waals surface area (Å²) in [6, 6.07) is 15.1. The quantitative estimate of drug-likeness (QED) is 0.808. The number of carbonyl (C=O) groups is 2. The van der Waals surface area contributed by atoms with Crippen molar-refractivity contribution in [2.75, 3.05) is 26.2 Å². The molecule has 128 valence electrons. The van der Waals surface area contributed by atoms with Crippen LogP contribution in [0.5, 0.6) is 0 Å². The van der Waals surface area contributed by atoms with Gasteiger partial charge in [-0.1, -0.05) is 30.3 Å². The molecule has 0 unspecified atom stereocenters. The Hall–Kier alpha value is -2.95. The zero-order valence-corrected chi connectivity index (χ0v) is 13.8. The van der Waals surface area contributed by atoms with E-state index >= 15 is 0 Å². The molecule has 1 aliphatic heterocycles. The van der Waals surface area contributed by atoms with Gasteiger partial charge in [-0.2, -0.15) is 0 Å². The first-order valence-corrected chi connectivity index (χ1v) is 8.20. The summed E-state index contributed by atoms with van der Waals surface area (Å²) >= 11 is 0. The van der Waals surface area contributed by atoms with Crippen molar-refractivity contribution in [2.45, 2.75) is 0 Å². The minimum atomic E-state index is -0.303. The molecule has 2 aromatic carbocycles. The van der Waals surface area contributed by atoms with E-state index in [1.54, 1.807) is 40.1 Å². The van der Waals surface area contributed by atoms with Gasteiger partial charge in [-0.05, 0) is 35.9 Å². The summed E-state index contributed by atoms with van der Waals surface area (Å²) < 4.78 is 12.9. The molecule has 4 nitrogen and oxygen atoms in total. The van der Waals surface area contributed by atoms with E-state index in [0.717, 1.165) is 5.56 Å². The molecule has 0 N–H and O–H groups in total. The average molecular weight is 338 g/mol. The van der Waals surface area contributed by atoms with Crippen LogP contribution in [-0.2, 0) is 4.79 Å². The maximum Gasteiger partial charge on any atom is 0.253 e. The zero-order valence-electron chi connectivity index (χ0n) is 13.8. The van der Waals surface area contributed by atoms with Gasteiger partial charge in [0.25, 0.3) is 5.91 Å². The third kappa shape index (κ3) is 4.32. The summed E-state index contributed by atoms with van der Waals surface area (Å²) in [6.45, 7) is 2.05. The van der Waals surface area contributed by atoms with E-state index in [0.29, 0.717) is 31.7 Å². The molecule has 0 aliphatic carbocycles. The molecule has 0 saturated carbocycles. The lowest BCUT2D eigenvalue weighted by atomic mass is 10.1. The van der Waals surface area contributed by atoms with Crippen LogP contribution in [0.15, 0.2) is 60.7 Å². The van der Waals surface area contributed by atoms with Crippen molar-refractivity contribution in [3.8, 4) is 0 Å². The van der Waals surface area contributed by atoms with Gasteiger partial charge in [0.05, 0.1) is 0 Å². The summed E-state index contributed by atoms with van der Waals surface area (Å²) in [5.41, 5.74) is 1.44. The Morgan fingerprint density at radius 2 is 1.44 bits per heavy atom. The molecule has 1 heterocycles. The second-order valence-corrected chi connectivity index (χ2v) is 5.87. The van der Waals surface area contributed by atoms with E-state index in [1.165, 1.54) is 18.2 Å². The van der Waals surface area contributed by atoms with Crippen molar-refractivity contribution in [1.29, 1.82) is 0 Å². The molecule has 25 heavy (non-hydrogen) atoms. The number of carbonyl (C=O) groups excluding carboxylic acids is 2. The van der Waals surface area contributed by atoms with E-state index < -0.39 is 0 Å². The van der Waals surface area contributed by atoms with Crippen molar-refractivity contribution in [3.63, 3.8) is 0 Å². The number of nitrogens with zero attached hydrogens (tertiary/aromatic N) is 2. The van der Waals surface area contributed by atoms with Gasteiger partial charge in [0, 0.05) is 37.8 Å². The van der Waals surface area contributed by atoms with Crippen LogP contribution in [0, 0.1) is 5.82 Å². The van der Waals surface area contributed by atoms with E-state index in [-0.39, 0.29) is 17.6 Å². The van der Waals surface area contributed by atoms with Crippen molar-refractivity contribution in [3.05, 3.63) is 77.6 Å². The fourth-order valence-electron chi connectivity index (χ4n) is 2.74. The first-order valence-electron chi connectivity index (χ1n) is 8.20. The number of piperazine rings is 1. The predicted octanol–water partition coefficient (Wildman–Crippen LogP) is 2.82. The molecule has 3 rings (SSSR count). The minimum absolute atomic E-state index is 0.00504. The monoisotopic (exact) mass is 338 g/mol. The molecule has 0 aromatic heterocycles. The van der Waals surface area contributed by atoms with Gasteiger partial charge in [0.2, 0.25) is 5.91 Å². The maximum absolute atomic E-state index is 12.9. The number of rotatable bonds is 3. The highest BCUT2D eigenvalue weighted by Crippen LogP contribution is 2.10. The number of halogens is 1. The Bertz CT molecular complexity index is 764. The van der Waals surface area contributed by atoms with Crippen LogP contribution >= 0.6 is 0 Å². The standard InChI is InChI=1S/C20H19FN2O2/c21-18-9-6-16(7-10-18)8-11-19(24)22-12-14-23(15-13-22)20(25)17-4-2-1-3-5-17/h1-11H,12-15H2/b11-8+. The third-order valence-electron chi connectivity index (χ3n) is 4.19. The number of benzene rings is 2. The van der Waals surface area contributed by atoms with Crippen LogP contribution in [0.3, 0.4) is 0 Å². The Balaban J connectivity index is 1.54. The molecular formula is C20H19FN2O2. The fourth-order valence-corrected chi connectivity index (χ4v) is 2.74. The number of hydrogen-bond acceptors (Lipinski definition) is 2. The molecule has 2 aromatic rings. The predicted molar refractivity (Wildman–Crippen MR) is 94.4 cm³/mol. The molecule has 0 atom stereocenters. The van der Waals surface area contributed by atoms with Gasteiger partial charge in [-0.15, -0.1) is 0 Å². The van der Waals surface area contributed by atoms with Crippen molar-refractivity contribution < 1.29 is 14.0 Å². The molecule has 0 spiro atoms. The molecular weight excluding hydrogens is 319 g/mol. The molecule has 2 amide bonds. The Morgan fingerprint density at radius 3 is 2.08 bits per heavy atom. The largest absolute Gasteiger partial charge is 0.336 e. The smallest absolute Gasteiger partial charge is 0.253 e. The normalized spacial score (nSPS) is 14.8. The van der Waals surface area contributed by atoms with E-state index in [1.807, 2.05) is 18.2 Å². The van der Waals surface area contributed by atoms with E-state index in [9.17, 15) is 14.0 Å². The van der Waals surface area contributed by atoms with Crippen molar-refractivity contribution in [2.24, 2.45) is 0 Å². The first-order chi connectivity index (χ1) is 12.1. The van der Waals surface area contributed by atoms with Crippen LogP contribution in [0.1, 0.15) is 15.9 Å². The van der Waals surface area contributed by atoms with Crippen LogP contribution < -0.4 is 0 Å².